The number of rotatable bonds is 7. The van der Waals surface area contributed by atoms with Crippen LogP contribution in [0.3, 0.4) is 0 Å². The van der Waals surface area contributed by atoms with Crippen molar-refractivity contribution in [1.82, 2.24) is 15.5 Å². The molecule has 0 saturated carbocycles. The van der Waals surface area contributed by atoms with Gasteiger partial charge in [0, 0.05) is 12.7 Å². The van der Waals surface area contributed by atoms with Crippen LogP contribution in [0.25, 0.3) is 11.4 Å². The lowest BCUT2D eigenvalue weighted by molar-refractivity contribution is -0.124. The molecule has 0 spiro atoms. The van der Waals surface area contributed by atoms with Crippen LogP contribution >= 0.6 is 0 Å². The zero-order chi connectivity index (χ0) is 16.8. The average molecular weight is 318 g/mol. The highest BCUT2D eigenvalue weighted by molar-refractivity contribution is 5.81. The van der Waals surface area contributed by atoms with Gasteiger partial charge in [-0.15, -0.1) is 0 Å². The molecule has 7 nitrogen and oxygen atoms in total. The number of benzene rings is 1. The first-order valence-electron chi connectivity index (χ1n) is 7.53. The third-order valence-electron chi connectivity index (χ3n) is 3.47. The number of aryl methyl sites for hydroxylation is 1. The largest absolute Gasteiger partial charge is 0.383 e. The molecular formula is C16H22N4O3. The first-order valence-corrected chi connectivity index (χ1v) is 7.53. The van der Waals surface area contributed by atoms with Crippen molar-refractivity contribution < 1.29 is 14.1 Å². The third kappa shape index (κ3) is 4.37. The average Bonchev–Trinajstić information content (AvgIpc) is 3.05. The van der Waals surface area contributed by atoms with Crippen molar-refractivity contribution in [2.45, 2.75) is 32.4 Å². The zero-order valence-electron chi connectivity index (χ0n) is 13.6. The van der Waals surface area contributed by atoms with Crippen molar-refractivity contribution in [1.29, 1.82) is 0 Å². The van der Waals surface area contributed by atoms with Gasteiger partial charge in [0.2, 0.25) is 17.6 Å². The Morgan fingerprint density at radius 2 is 2.09 bits per heavy atom. The normalized spacial score (nSPS) is 13.6. The van der Waals surface area contributed by atoms with Crippen LogP contribution in [0.4, 0.5) is 0 Å². The number of aromatic nitrogens is 2. The van der Waals surface area contributed by atoms with Gasteiger partial charge in [-0.3, -0.25) is 4.79 Å². The Morgan fingerprint density at radius 1 is 1.39 bits per heavy atom. The summed E-state index contributed by atoms with van der Waals surface area (Å²) in [7, 11) is 1.49. The molecule has 0 bridgehead atoms. The van der Waals surface area contributed by atoms with E-state index in [2.05, 4.69) is 22.4 Å². The highest BCUT2D eigenvalue weighted by Crippen LogP contribution is 2.19. The summed E-state index contributed by atoms with van der Waals surface area (Å²) in [5, 5.41) is 6.68. The third-order valence-corrected chi connectivity index (χ3v) is 3.47. The summed E-state index contributed by atoms with van der Waals surface area (Å²) in [6.07, 6.45) is 0.975. The lowest BCUT2D eigenvalue weighted by atomic mass is 10.1. The van der Waals surface area contributed by atoms with Gasteiger partial charge in [0.15, 0.2) is 0 Å². The van der Waals surface area contributed by atoms with E-state index in [4.69, 9.17) is 15.0 Å². The summed E-state index contributed by atoms with van der Waals surface area (Å²) in [4.78, 5) is 16.2. The molecule has 1 amide bonds. The number of carbonyl (C=O) groups is 1. The van der Waals surface area contributed by atoms with Gasteiger partial charge in [-0.2, -0.15) is 4.98 Å². The second-order valence-electron chi connectivity index (χ2n) is 5.30. The Bertz CT molecular complexity index is 639. The number of nitrogens with two attached hydrogens (primary N) is 1. The predicted molar refractivity (Wildman–Crippen MR) is 85.5 cm³/mol. The molecule has 2 atom stereocenters. The van der Waals surface area contributed by atoms with Crippen molar-refractivity contribution in [2.24, 2.45) is 5.73 Å². The lowest BCUT2D eigenvalue weighted by Crippen LogP contribution is -2.44. The molecular weight excluding hydrogens is 296 g/mol. The quantitative estimate of drug-likeness (QED) is 0.801. The summed E-state index contributed by atoms with van der Waals surface area (Å²) in [5.41, 5.74) is 7.78. The number of amides is 1. The Hall–Kier alpha value is -2.25. The molecule has 2 unspecified atom stereocenters. The van der Waals surface area contributed by atoms with E-state index < -0.39 is 12.1 Å². The molecule has 3 N–H and O–H groups in total. The smallest absolute Gasteiger partial charge is 0.249 e. The molecule has 0 saturated heterocycles. The maximum absolute atomic E-state index is 11.9. The molecule has 0 radical (unpaired) electrons. The molecule has 124 valence electrons. The fraction of sp³-hybridized carbons (Fsp3) is 0.438. The van der Waals surface area contributed by atoms with E-state index in [-0.39, 0.29) is 12.5 Å². The second-order valence-corrected chi connectivity index (χ2v) is 5.30. The van der Waals surface area contributed by atoms with E-state index in [1.54, 1.807) is 6.92 Å². The van der Waals surface area contributed by atoms with Gasteiger partial charge >= 0.3 is 0 Å². The van der Waals surface area contributed by atoms with Crippen molar-refractivity contribution in [3.63, 3.8) is 0 Å². The number of carbonyl (C=O) groups excluding carboxylic acids is 1. The molecule has 1 aromatic heterocycles. The predicted octanol–water partition coefficient (Wildman–Crippen LogP) is 1.45. The van der Waals surface area contributed by atoms with E-state index in [0.29, 0.717) is 11.7 Å². The number of hydrogen-bond acceptors (Lipinski definition) is 6. The number of ether oxygens (including phenoxy) is 1. The van der Waals surface area contributed by atoms with Crippen molar-refractivity contribution in [2.75, 3.05) is 13.7 Å². The number of nitrogens with zero attached hydrogens (tertiary/aromatic N) is 2. The number of nitrogens with one attached hydrogen (secondary N) is 1. The van der Waals surface area contributed by atoms with Crippen LogP contribution in [-0.4, -0.2) is 35.8 Å². The van der Waals surface area contributed by atoms with Crippen LogP contribution in [-0.2, 0) is 16.0 Å². The summed E-state index contributed by atoms with van der Waals surface area (Å²) in [6, 6.07) is 6.80. The molecule has 0 aliphatic carbocycles. The molecule has 2 aromatic rings. The standard InChI is InChI=1S/C16H22N4O3/c1-4-11-5-7-12(8-6-11)14-19-16(23-20-14)10(2)18-15(21)13(17)9-22-3/h5-8,10,13H,4,9,17H2,1-3H3,(H,18,21). The SMILES string of the molecule is CCc1ccc(-c2noc(C(C)NC(=O)C(N)COC)n2)cc1. The van der Waals surface area contributed by atoms with Crippen LogP contribution < -0.4 is 11.1 Å². The summed E-state index contributed by atoms with van der Waals surface area (Å²) in [5.74, 6) is 0.494. The van der Waals surface area contributed by atoms with Crippen LogP contribution in [0.2, 0.25) is 0 Å². The maximum atomic E-state index is 11.9. The van der Waals surface area contributed by atoms with E-state index >= 15 is 0 Å². The minimum atomic E-state index is -0.730. The van der Waals surface area contributed by atoms with Crippen molar-refractivity contribution >= 4 is 5.91 Å². The van der Waals surface area contributed by atoms with E-state index in [0.717, 1.165) is 12.0 Å². The van der Waals surface area contributed by atoms with Gasteiger partial charge in [-0.1, -0.05) is 36.3 Å². The highest BCUT2D eigenvalue weighted by atomic mass is 16.5. The molecule has 1 aromatic carbocycles. The van der Waals surface area contributed by atoms with Gasteiger partial charge in [0.1, 0.15) is 12.1 Å². The van der Waals surface area contributed by atoms with Gasteiger partial charge in [-0.25, -0.2) is 0 Å². The summed E-state index contributed by atoms with van der Waals surface area (Å²) < 4.78 is 10.1. The van der Waals surface area contributed by atoms with Crippen molar-refractivity contribution in [3.8, 4) is 11.4 Å². The molecule has 1 heterocycles. The lowest BCUT2D eigenvalue weighted by Gasteiger charge is -2.14. The van der Waals surface area contributed by atoms with Gasteiger partial charge in [0.25, 0.3) is 0 Å². The van der Waals surface area contributed by atoms with Gasteiger partial charge < -0.3 is 20.3 Å². The molecule has 0 fully saturated rings. The summed E-state index contributed by atoms with van der Waals surface area (Å²) >= 11 is 0. The van der Waals surface area contributed by atoms with Crippen LogP contribution in [0.15, 0.2) is 28.8 Å². The first-order chi connectivity index (χ1) is 11.0. The highest BCUT2D eigenvalue weighted by Gasteiger charge is 2.20. The fourth-order valence-corrected chi connectivity index (χ4v) is 2.06. The Balaban J connectivity index is 2.04. The minimum absolute atomic E-state index is 0.150. The van der Waals surface area contributed by atoms with Gasteiger partial charge in [-0.05, 0) is 18.9 Å². The molecule has 0 aliphatic heterocycles. The minimum Gasteiger partial charge on any atom is -0.383 e. The van der Waals surface area contributed by atoms with Gasteiger partial charge in [0.05, 0.1) is 6.61 Å². The van der Waals surface area contributed by atoms with E-state index in [1.807, 2.05) is 24.3 Å². The fourth-order valence-electron chi connectivity index (χ4n) is 2.06. The van der Waals surface area contributed by atoms with Crippen LogP contribution in [0.1, 0.15) is 31.3 Å². The zero-order valence-corrected chi connectivity index (χ0v) is 13.6. The molecule has 7 heteroatoms. The first kappa shape index (κ1) is 17.1. The Morgan fingerprint density at radius 3 is 2.70 bits per heavy atom. The monoisotopic (exact) mass is 318 g/mol. The number of hydrogen-bond donors (Lipinski definition) is 2. The van der Waals surface area contributed by atoms with Crippen LogP contribution in [0.5, 0.6) is 0 Å². The van der Waals surface area contributed by atoms with E-state index in [1.165, 1.54) is 12.7 Å². The Kier molecular flexibility index (Phi) is 5.84. The second kappa shape index (κ2) is 7.85. The topological polar surface area (TPSA) is 103 Å². The van der Waals surface area contributed by atoms with Crippen molar-refractivity contribution in [3.05, 3.63) is 35.7 Å². The number of methoxy groups -OCH3 is 1. The maximum Gasteiger partial charge on any atom is 0.249 e. The molecule has 0 aliphatic rings. The van der Waals surface area contributed by atoms with Crippen LogP contribution in [0, 0.1) is 0 Å². The Labute approximate surface area is 135 Å². The molecule has 2 rings (SSSR count). The van der Waals surface area contributed by atoms with E-state index in [9.17, 15) is 4.79 Å². The summed E-state index contributed by atoms with van der Waals surface area (Å²) in [6.45, 7) is 4.01. The molecule has 23 heavy (non-hydrogen) atoms.